The summed E-state index contributed by atoms with van der Waals surface area (Å²) in [6.45, 7) is 4.49. The second-order valence-corrected chi connectivity index (χ2v) is 4.74. The first-order valence-electron chi connectivity index (χ1n) is 6.09. The van der Waals surface area contributed by atoms with Gasteiger partial charge >= 0.3 is 0 Å². The Kier molecular flexibility index (Phi) is 3.47. The van der Waals surface area contributed by atoms with Gasteiger partial charge in [-0.15, -0.1) is 0 Å². The Morgan fingerprint density at radius 1 is 1.65 bits per heavy atom. The zero-order chi connectivity index (χ0) is 12.4. The molecule has 2 rings (SSSR count). The van der Waals surface area contributed by atoms with Crippen LogP contribution in [0.1, 0.15) is 42.4 Å². The maximum atomic E-state index is 12.3. The van der Waals surface area contributed by atoms with Crippen molar-refractivity contribution in [2.45, 2.75) is 45.2 Å². The summed E-state index contributed by atoms with van der Waals surface area (Å²) in [4.78, 5) is 14.1. The van der Waals surface area contributed by atoms with Crippen molar-refractivity contribution < 1.29 is 9.32 Å². The van der Waals surface area contributed by atoms with Crippen LogP contribution in [0.2, 0.25) is 0 Å². The number of carbonyl (C=O) groups excluding carboxylic acids is 1. The summed E-state index contributed by atoms with van der Waals surface area (Å²) in [6, 6.07) is 1.79. The molecule has 1 aliphatic heterocycles. The average Bonchev–Trinajstić information content (AvgIpc) is 2.75. The van der Waals surface area contributed by atoms with Gasteiger partial charge in [-0.2, -0.15) is 0 Å². The van der Waals surface area contributed by atoms with Gasteiger partial charge in [0.1, 0.15) is 5.76 Å². The van der Waals surface area contributed by atoms with Crippen LogP contribution in [0, 0.1) is 6.92 Å². The lowest BCUT2D eigenvalue weighted by Gasteiger charge is -2.37. The first-order chi connectivity index (χ1) is 8.09. The minimum Gasteiger partial charge on any atom is -0.361 e. The van der Waals surface area contributed by atoms with Crippen molar-refractivity contribution in [1.29, 1.82) is 0 Å². The molecule has 1 fully saturated rings. The molecule has 2 N–H and O–H groups in total. The molecule has 0 aliphatic carbocycles. The SMILES string of the molecule is Cc1cc(C(=O)N2CCCCC2C(C)N)no1. The first kappa shape index (κ1) is 12.1. The second kappa shape index (κ2) is 4.87. The summed E-state index contributed by atoms with van der Waals surface area (Å²) in [5.74, 6) is 0.589. The third kappa shape index (κ3) is 2.49. The van der Waals surface area contributed by atoms with Gasteiger partial charge < -0.3 is 15.2 Å². The number of hydrogen-bond donors (Lipinski definition) is 1. The Hall–Kier alpha value is -1.36. The summed E-state index contributed by atoms with van der Waals surface area (Å²) in [7, 11) is 0. The van der Waals surface area contributed by atoms with Gasteiger partial charge in [0, 0.05) is 24.7 Å². The number of nitrogens with zero attached hydrogens (tertiary/aromatic N) is 2. The molecule has 1 saturated heterocycles. The molecule has 0 spiro atoms. The summed E-state index contributed by atoms with van der Waals surface area (Å²) < 4.78 is 4.94. The number of piperidine rings is 1. The van der Waals surface area contributed by atoms with Crippen LogP contribution in [-0.2, 0) is 0 Å². The molecule has 5 nitrogen and oxygen atoms in total. The molecule has 1 aromatic rings. The van der Waals surface area contributed by atoms with E-state index in [4.69, 9.17) is 10.3 Å². The van der Waals surface area contributed by atoms with Gasteiger partial charge in [-0.1, -0.05) is 5.16 Å². The maximum absolute atomic E-state index is 12.3. The second-order valence-electron chi connectivity index (χ2n) is 4.74. The Morgan fingerprint density at radius 2 is 2.41 bits per heavy atom. The lowest BCUT2D eigenvalue weighted by Crippen LogP contribution is -2.51. The van der Waals surface area contributed by atoms with Crippen LogP contribution >= 0.6 is 0 Å². The molecule has 2 unspecified atom stereocenters. The van der Waals surface area contributed by atoms with Gasteiger partial charge in [-0.25, -0.2) is 0 Å². The smallest absolute Gasteiger partial charge is 0.276 e. The van der Waals surface area contributed by atoms with Crippen LogP contribution in [-0.4, -0.2) is 34.6 Å². The van der Waals surface area contributed by atoms with E-state index in [1.165, 1.54) is 0 Å². The predicted molar refractivity (Wildman–Crippen MR) is 63.6 cm³/mol. The first-order valence-corrected chi connectivity index (χ1v) is 6.09. The summed E-state index contributed by atoms with van der Waals surface area (Å²) in [6.07, 6.45) is 3.14. The Balaban J connectivity index is 2.16. The number of amides is 1. The van der Waals surface area contributed by atoms with Crippen LogP contribution in [0.4, 0.5) is 0 Å². The molecule has 0 bridgehead atoms. The number of hydrogen-bond acceptors (Lipinski definition) is 4. The molecule has 0 radical (unpaired) electrons. The standard InChI is InChI=1S/C12H19N3O2/c1-8-7-10(14-17-8)12(16)15-6-4-3-5-11(15)9(2)13/h7,9,11H,3-6,13H2,1-2H3. The normalized spacial score (nSPS) is 22.5. The molecular formula is C12H19N3O2. The quantitative estimate of drug-likeness (QED) is 0.842. The third-order valence-corrected chi connectivity index (χ3v) is 3.26. The number of rotatable bonds is 2. The van der Waals surface area contributed by atoms with Gasteiger partial charge in [-0.05, 0) is 33.1 Å². The molecule has 2 heterocycles. The van der Waals surface area contributed by atoms with Crippen LogP contribution in [0.15, 0.2) is 10.6 Å². The van der Waals surface area contributed by atoms with E-state index >= 15 is 0 Å². The number of aryl methyl sites for hydroxylation is 1. The third-order valence-electron chi connectivity index (χ3n) is 3.26. The molecule has 17 heavy (non-hydrogen) atoms. The summed E-state index contributed by atoms with van der Waals surface area (Å²) >= 11 is 0. The minimum atomic E-state index is -0.0659. The van der Waals surface area contributed by atoms with Gasteiger partial charge in [-0.3, -0.25) is 4.79 Å². The van der Waals surface area contributed by atoms with Crippen LogP contribution in [0.3, 0.4) is 0 Å². The highest BCUT2D eigenvalue weighted by atomic mass is 16.5. The fourth-order valence-electron chi connectivity index (χ4n) is 2.37. The van der Waals surface area contributed by atoms with Crippen LogP contribution < -0.4 is 5.73 Å². The van der Waals surface area contributed by atoms with Gasteiger partial charge in [0.25, 0.3) is 5.91 Å². The predicted octanol–water partition coefficient (Wildman–Crippen LogP) is 1.32. The van der Waals surface area contributed by atoms with E-state index < -0.39 is 0 Å². The average molecular weight is 237 g/mol. The van der Waals surface area contributed by atoms with E-state index in [2.05, 4.69) is 5.16 Å². The highest BCUT2D eigenvalue weighted by molar-refractivity contribution is 5.92. The fourth-order valence-corrected chi connectivity index (χ4v) is 2.37. The fraction of sp³-hybridized carbons (Fsp3) is 0.667. The maximum Gasteiger partial charge on any atom is 0.276 e. The molecule has 0 saturated carbocycles. The molecule has 0 aromatic carbocycles. The summed E-state index contributed by atoms with van der Waals surface area (Å²) in [5.41, 5.74) is 6.33. The molecule has 2 atom stereocenters. The van der Waals surface area contributed by atoms with E-state index in [-0.39, 0.29) is 18.0 Å². The minimum absolute atomic E-state index is 0.00718. The number of aromatic nitrogens is 1. The zero-order valence-electron chi connectivity index (χ0n) is 10.3. The van der Waals surface area contributed by atoms with E-state index in [1.807, 2.05) is 11.8 Å². The van der Waals surface area contributed by atoms with Crippen LogP contribution in [0.5, 0.6) is 0 Å². The van der Waals surface area contributed by atoms with E-state index in [1.54, 1.807) is 13.0 Å². The van der Waals surface area contributed by atoms with E-state index in [9.17, 15) is 4.79 Å². The van der Waals surface area contributed by atoms with E-state index in [0.717, 1.165) is 25.8 Å². The van der Waals surface area contributed by atoms with Crippen molar-refractivity contribution in [3.8, 4) is 0 Å². The number of nitrogens with two attached hydrogens (primary N) is 1. The highest BCUT2D eigenvalue weighted by Gasteiger charge is 2.31. The molecular weight excluding hydrogens is 218 g/mol. The monoisotopic (exact) mass is 237 g/mol. The van der Waals surface area contributed by atoms with Crippen molar-refractivity contribution in [1.82, 2.24) is 10.1 Å². The molecule has 94 valence electrons. The van der Waals surface area contributed by atoms with Crippen molar-refractivity contribution in [2.75, 3.05) is 6.54 Å². The topological polar surface area (TPSA) is 72.4 Å². The zero-order valence-corrected chi connectivity index (χ0v) is 10.3. The van der Waals surface area contributed by atoms with E-state index in [0.29, 0.717) is 11.5 Å². The summed E-state index contributed by atoms with van der Waals surface area (Å²) in [5, 5.41) is 3.78. The Morgan fingerprint density at radius 3 is 3.00 bits per heavy atom. The molecule has 1 aliphatic rings. The Labute approximate surface area is 101 Å². The number of likely N-dealkylation sites (tertiary alicyclic amines) is 1. The highest BCUT2D eigenvalue weighted by Crippen LogP contribution is 2.21. The van der Waals surface area contributed by atoms with Crippen molar-refractivity contribution in [2.24, 2.45) is 5.73 Å². The van der Waals surface area contributed by atoms with Gasteiger partial charge in [0.2, 0.25) is 0 Å². The van der Waals surface area contributed by atoms with Crippen molar-refractivity contribution >= 4 is 5.91 Å². The van der Waals surface area contributed by atoms with Crippen molar-refractivity contribution in [3.05, 3.63) is 17.5 Å². The van der Waals surface area contributed by atoms with Gasteiger partial charge in [0.15, 0.2) is 5.69 Å². The Bertz CT molecular complexity index is 400. The van der Waals surface area contributed by atoms with Crippen LogP contribution in [0.25, 0.3) is 0 Å². The largest absolute Gasteiger partial charge is 0.361 e. The molecule has 5 heteroatoms. The van der Waals surface area contributed by atoms with Crippen molar-refractivity contribution in [3.63, 3.8) is 0 Å². The number of carbonyl (C=O) groups is 1. The van der Waals surface area contributed by atoms with Gasteiger partial charge in [0.05, 0.1) is 0 Å². The lowest BCUT2D eigenvalue weighted by molar-refractivity contribution is 0.0573. The molecule has 1 aromatic heterocycles. The lowest BCUT2D eigenvalue weighted by atomic mass is 9.96. The molecule has 1 amide bonds.